The van der Waals surface area contributed by atoms with Crippen molar-refractivity contribution in [2.24, 2.45) is 0 Å². The van der Waals surface area contributed by atoms with E-state index < -0.39 is 0 Å². The molecule has 5 nitrogen and oxygen atoms in total. The van der Waals surface area contributed by atoms with Crippen LogP contribution in [0.3, 0.4) is 0 Å². The molecule has 0 radical (unpaired) electrons. The largest absolute Gasteiger partial charge is 0.484 e. The molecular weight excluding hydrogens is 745 g/mol. The van der Waals surface area contributed by atoms with Gasteiger partial charge in [-0.1, -0.05) is 190 Å². The number of ether oxygens (including phenoxy) is 1. The Morgan fingerprint density at radius 3 is 1.84 bits per heavy atom. The number of rotatable bonds is 5. The lowest BCUT2D eigenvalue weighted by molar-refractivity contribution is 0.259. The molecule has 0 saturated carbocycles. The zero-order valence-corrected chi connectivity index (χ0v) is 34.0. The van der Waals surface area contributed by atoms with E-state index in [2.05, 4.69) is 152 Å². The third-order valence-electron chi connectivity index (χ3n) is 11.8. The summed E-state index contributed by atoms with van der Waals surface area (Å²) in [5.74, 6) is 2.81. The van der Waals surface area contributed by atoms with Crippen LogP contribution in [-0.4, -0.2) is 25.6 Å². The molecule has 8 aromatic carbocycles. The maximum absolute atomic E-state index is 6.95. The van der Waals surface area contributed by atoms with Gasteiger partial charge in [-0.25, -0.2) is 15.0 Å². The molecule has 0 amide bonds. The molecule has 2 aliphatic rings. The zero-order chi connectivity index (χ0) is 40.9. The molecular formula is C56H42N4O. The molecule has 3 heterocycles. The maximum Gasteiger partial charge on any atom is 0.164 e. The molecule has 1 aliphatic carbocycles. The van der Waals surface area contributed by atoms with Crippen molar-refractivity contribution in [3.63, 3.8) is 0 Å². The van der Waals surface area contributed by atoms with Crippen molar-refractivity contribution in [3.05, 3.63) is 205 Å². The number of nitrogens with zero attached hydrogens (tertiary/aromatic N) is 4. The standard InChI is InChI=1S/C53H34N4O.C3H8/c1-3-16-35(17-4-1)51-54-52(36-18-5-2-6-19-36)56-53(55-51)37-20-11-21-38(32-37)57-45-30-28-33-14-7-9-22-39(33)47(45)43-26-12-24-41(49(43)57)42-25-13-27-44-48-40-23-10-8-15-34(40)29-31-46(48)58-50(42)44;1-3-2/h1-32,42,50H;3H2,1-2H3. The first-order chi connectivity index (χ1) is 30.2. The summed E-state index contributed by atoms with van der Waals surface area (Å²) in [5, 5.41) is 7.32. The van der Waals surface area contributed by atoms with Crippen molar-refractivity contribution < 1.29 is 4.74 Å². The minimum Gasteiger partial charge on any atom is -0.484 e. The van der Waals surface area contributed by atoms with Crippen molar-refractivity contribution >= 4 is 48.9 Å². The fraction of sp³-hybridized carbons (Fsp3) is 0.0893. The van der Waals surface area contributed by atoms with Gasteiger partial charge in [0.25, 0.3) is 0 Å². The number of aromatic nitrogens is 4. The van der Waals surface area contributed by atoms with Gasteiger partial charge in [-0.2, -0.15) is 0 Å². The fourth-order valence-corrected chi connectivity index (χ4v) is 9.20. The smallest absolute Gasteiger partial charge is 0.164 e. The average Bonchev–Trinajstić information content (AvgIpc) is 3.89. The van der Waals surface area contributed by atoms with Crippen molar-refractivity contribution in [3.8, 4) is 45.6 Å². The van der Waals surface area contributed by atoms with Crippen LogP contribution in [0.25, 0.3) is 88.8 Å². The van der Waals surface area contributed by atoms with Crippen LogP contribution in [0, 0.1) is 0 Å². The Morgan fingerprint density at radius 2 is 1.11 bits per heavy atom. The Kier molecular flexibility index (Phi) is 9.08. The van der Waals surface area contributed by atoms with Crippen LogP contribution in [0.2, 0.25) is 0 Å². The van der Waals surface area contributed by atoms with Crippen molar-refractivity contribution in [1.82, 2.24) is 19.5 Å². The number of fused-ring (bicyclic) bond motifs is 10. The molecule has 5 heteroatoms. The van der Waals surface area contributed by atoms with Crippen molar-refractivity contribution in [2.45, 2.75) is 32.3 Å². The van der Waals surface area contributed by atoms with Gasteiger partial charge in [-0.3, -0.25) is 0 Å². The van der Waals surface area contributed by atoms with Gasteiger partial charge in [0.15, 0.2) is 17.5 Å². The van der Waals surface area contributed by atoms with E-state index in [9.17, 15) is 0 Å². The molecule has 292 valence electrons. The molecule has 0 bridgehead atoms. The summed E-state index contributed by atoms with van der Waals surface area (Å²) in [5.41, 5.74) is 9.76. The molecule has 1 aliphatic heterocycles. The van der Waals surface area contributed by atoms with E-state index in [1.165, 1.54) is 55.4 Å². The number of hydrogen-bond acceptors (Lipinski definition) is 4. The third-order valence-corrected chi connectivity index (χ3v) is 11.8. The highest BCUT2D eigenvalue weighted by atomic mass is 16.5. The summed E-state index contributed by atoms with van der Waals surface area (Å²) in [6.45, 7) is 4.25. The normalized spacial score (nSPS) is 15.3. The summed E-state index contributed by atoms with van der Waals surface area (Å²) < 4.78 is 9.39. The highest BCUT2D eigenvalue weighted by Gasteiger charge is 2.38. The summed E-state index contributed by atoms with van der Waals surface area (Å²) in [7, 11) is 0. The van der Waals surface area contributed by atoms with Gasteiger partial charge in [0.2, 0.25) is 0 Å². The second kappa shape index (κ2) is 15.2. The monoisotopic (exact) mass is 786 g/mol. The predicted octanol–water partition coefficient (Wildman–Crippen LogP) is 14.2. The first-order valence-electron chi connectivity index (χ1n) is 21.2. The van der Waals surface area contributed by atoms with Crippen LogP contribution in [0.4, 0.5) is 0 Å². The van der Waals surface area contributed by atoms with E-state index >= 15 is 0 Å². The molecule has 61 heavy (non-hydrogen) atoms. The van der Waals surface area contributed by atoms with Gasteiger partial charge in [0.1, 0.15) is 11.9 Å². The van der Waals surface area contributed by atoms with Crippen LogP contribution in [0.5, 0.6) is 5.75 Å². The number of benzene rings is 8. The van der Waals surface area contributed by atoms with E-state index in [0.29, 0.717) is 17.5 Å². The Bertz CT molecular complexity index is 3290. The Hall–Kier alpha value is -7.63. The lowest BCUT2D eigenvalue weighted by atomic mass is 9.82. The molecule has 2 unspecified atom stereocenters. The van der Waals surface area contributed by atoms with E-state index in [-0.39, 0.29) is 12.0 Å². The van der Waals surface area contributed by atoms with Crippen LogP contribution in [-0.2, 0) is 0 Å². The quantitative estimate of drug-likeness (QED) is 0.174. The number of allylic oxidation sites excluding steroid dienone is 2. The third kappa shape index (κ3) is 6.20. The molecule has 0 fully saturated rings. The van der Waals surface area contributed by atoms with Crippen LogP contribution < -0.4 is 4.74 Å². The molecule has 0 N–H and O–H groups in total. The Morgan fingerprint density at radius 1 is 0.541 bits per heavy atom. The average molecular weight is 787 g/mol. The second-order valence-corrected chi connectivity index (χ2v) is 15.8. The fourth-order valence-electron chi connectivity index (χ4n) is 9.20. The topological polar surface area (TPSA) is 52.8 Å². The van der Waals surface area contributed by atoms with E-state index in [1.807, 2.05) is 60.7 Å². The van der Waals surface area contributed by atoms with Crippen LogP contribution in [0.15, 0.2) is 194 Å². The summed E-state index contributed by atoms with van der Waals surface area (Å²) in [6.07, 6.45) is 7.86. The summed E-state index contributed by atoms with van der Waals surface area (Å²) >= 11 is 0. The van der Waals surface area contributed by atoms with Crippen molar-refractivity contribution in [2.75, 3.05) is 0 Å². The maximum atomic E-state index is 6.95. The van der Waals surface area contributed by atoms with Gasteiger partial charge < -0.3 is 9.30 Å². The molecule has 12 rings (SSSR count). The van der Waals surface area contributed by atoms with Crippen molar-refractivity contribution in [1.29, 1.82) is 0 Å². The van der Waals surface area contributed by atoms with Gasteiger partial charge in [0, 0.05) is 50.2 Å². The highest BCUT2D eigenvalue weighted by Crippen LogP contribution is 2.50. The van der Waals surface area contributed by atoms with Gasteiger partial charge >= 0.3 is 0 Å². The molecule has 0 spiro atoms. The Balaban J connectivity index is 0.00000136. The number of hydrogen-bond donors (Lipinski definition) is 0. The molecule has 0 saturated heterocycles. The van der Waals surface area contributed by atoms with E-state index in [4.69, 9.17) is 19.7 Å². The summed E-state index contributed by atoms with van der Waals surface area (Å²) in [4.78, 5) is 15.1. The van der Waals surface area contributed by atoms with Crippen LogP contribution >= 0.6 is 0 Å². The minimum atomic E-state index is -0.163. The minimum absolute atomic E-state index is 0.0298. The van der Waals surface area contributed by atoms with Gasteiger partial charge in [0.05, 0.1) is 11.0 Å². The van der Waals surface area contributed by atoms with Crippen LogP contribution in [0.1, 0.15) is 37.3 Å². The lowest BCUT2D eigenvalue weighted by Gasteiger charge is -2.26. The number of para-hydroxylation sites is 1. The molecule has 2 aromatic heterocycles. The zero-order valence-electron chi connectivity index (χ0n) is 34.0. The van der Waals surface area contributed by atoms with E-state index in [1.54, 1.807) is 0 Å². The Labute approximate surface area is 355 Å². The highest BCUT2D eigenvalue weighted by molar-refractivity contribution is 6.22. The first kappa shape index (κ1) is 36.4. The van der Waals surface area contributed by atoms with Gasteiger partial charge in [-0.15, -0.1) is 0 Å². The molecule has 10 aromatic rings. The lowest BCUT2D eigenvalue weighted by Crippen LogP contribution is -2.23. The first-order valence-corrected chi connectivity index (χ1v) is 21.2. The predicted molar refractivity (Wildman–Crippen MR) is 252 cm³/mol. The van der Waals surface area contributed by atoms with E-state index in [0.717, 1.165) is 39.2 Å². The van der Waals surface area contributed by atoms with Gasteiger partial charge in [-0.05, 0) is 51.4 Å². The SMILES string of the molecule is C1=CC(c2cccc3c4c5ccccc5ccc4n(-c4cccc(-c5nc(-c6ccccc6)nc(-c6ccccc6)n5)c4)c23)C2Oc3ccc4ccccc4c3C2=C1.CCC. The second-order valence-electron chi connectivity index (χ2n) is 15.8. The molecule has 2 atom stereocenters. The summed E-state index contributed by atoms with van der Waals surface area (Å²) in [6, 6.07) is 61.8.